The van der Waals surface area contributed by atoms with Gasteiger partial charge in [0.15, 0.2) is 5.66 Å². The molecule has 7 nitrogen and oxygen atoms in total. The van der Waals surface area contributed by atoms with Crippen LogP contribution in [-0.4, -0.2) is 61.7 Å². The van der Waals surface area contributed by atoms with Crippen molar-refractivity contribution in [2.75, 3.05) is 13.1 Å². The highest BCUT2D eigenvalue weighted by molar-refractivity contribution is 5.99. The fraction of sp³-hybridized carbons (Fsp3) is 0.277. The number of amides is 1. The van der Waals surface area contributed by atoms with E-state index in [9.17, 15) is 0 Å². The minimum atomic E-state index is -1.06. The third-order valence-corrected chi connectivity index (χ3v) is 10.9. The van der Waals surface area contributed by atoms with Crippen molar-refractivity contribution in [3.8, 4) is 29.4 Å². The van der Waals surface area contributed by atoms with Gasteiger partial charge in [0.25, 0.3) is 5.91 Å². The van der Waals surface area contributed by atoms with Crippen LogP contribution in [0.4, 0.5) is 0 Å². The second-order valence-corrected chi connectivity index (χ2v) is 14.4. The Morgan fingerprint density at radius 3 is 2.22 bits per heavy atom. The summed E-state index contributed by atoms with van der Waals surface area (Å²) in [5.74, 6) is 14.5. The molecule has 2 saturated heterocycles. The maximum atomic E-state index is 15.7. The topological polar surface area (TPSA) is 66.6 Å². The van der Waals surface area contributed by atoms with Gasteiger partial charge >= 0.3 is 0 Å². The van der Waals surface area contributed by atoms with Gasteiger partial charge in [0.05, 0.1) is 35.7 Å². The van der Waals surface area contributed by atoms with E-state index in [1.807, 2.05) is 85.9 Å². The molecule has 8 rings (SSSR count). The van der Waals surface area contributed by atoms with Crippen molar-refractivity contribution in [3.05, 3.63) is 161 Å². The Morgan fingerprint density at radius 1 is 0.759 bits per heavy atom. The number of carbonyl (C=O) groups is 1. The first-order valence-electron chi connectivity index (χ1n) is 19.0. The summed E-state index contributed by atoms with van der Waals surface area (Å²) in [7, 11) is 0. The van der Waals surface area contributed by atoms with E-state index in [-0.39, 0.29) is 23.9 Å². The Morgan fingerprint density at radius 2 is 1.48 bits per heavy atom. The van der Waals surface area contributed by atoms with Gasteiger partial charge in [0.2, 0.25) is 0 Å². The van der Waals surface area contributed by atoms with Gasteiger partial charge in [-0.05, 0) is 99.6 Å². The second-order valence-electron chi connectivity index (χ2n) is 14.4. The van der Waals surface area contributed by atoms with Gasteiger partial charge in [-0.3, -0.25) is 14.7 Å². The second kappa shape index (κ2) is 15.5. The normalized spacial score (nSPS) is 22.3. The van der Waals surface area contributed by atoms with Crippen LogP contribution < -0.4 is 0 Å². The van der Waals surface area contributed by atoms with Gasteiger partial charge in [-0.1, -0.05) is 102 Å². The van der Waals surface area contributed by atoms with E-state index >= 15 is 4.79 Å². The summed E-state index contributed by atoms with van der Waals surface area (Å²) in [6, 6.07) is 32.7. The van der Waals surface area contributed by atoms with E-state index in [0.717, 1.165) is 66.5 Å². The highest BCUT2D eigenvalue weighted by Gasteiger charge is 2.55. The van der Waals surface area contributed by atoms with E-state index < -0.39 is 5.66 Å². The molecule has 0 N–H and O–H groups in total. The molecule has 2 fully saturated rings. The molecule has 0 aliphatic carbocycles. The average Bonchev–Trinajstić information content (AvgIpc) is 3.96. The summed E-state index contributed by atoms with van der Waals surface area (Å²) >= 11 is 0. The Balaban J connectivity index is 1.39. The van der Waals surface area contributed by atoms with Crippen molar-refractivity contribution in [3.63, 3.8) is 0 Å². The van der Waals surface area contributed by atoms with E-state index in [0.29, 0.717) is 17.8 Å². The van der Waals surface area contributed by atoms with Crippen molar-refractivity contribution in [1.29, 1.82) is 0 Å². The number of nitrogens with zero attached hydrogens (tertiary/aromatic N) is 6. The molecule has 4 atom stereocenters. The number of aryl methyl sites for hydroxylation is 2. The Kier molecular flexibility index (Phi) is 10.1. The van der Waals surface area contributed by atoms with Crippen LogP contribution >= 0.6 is 0 Å². The number of hydrogen-bond acceptors (Lipinski definition) is 5. The lowest BCUT2D eigenvalue weighted by Crippen LogP contribution is -2.69. The van der Waals surface area contributed by atoms with Gasteiger partial charge in [-0.2, -0.15) is 15.0 Å². The Hall–Kier alpha value is -6.02. The van der Waals surface area contributed by atoms with E-state index in [2.05, 4.69) is 87.0 Å². The molecule has 4 unspecified atom stereocenters. The van der Waals surface area contributed by atoms with Crippen molar-refractivity contribution in [1.82, 2.24) is 24.8 Å². The molecule has 3 aliphatic rings. The number of benzene rings is 4. The molecule has 5 aromatic rings. The summed E-state index contributed by atoms with van der Waals surface area (Å²) < 4.78 is 0. The molecule has 0 radical (unpaired) electrons. The molecular formula is C47H44N6O. The minimum Gasteiger partial charge on any atom is -0.309 e. The summed E-state index contributed by atoms with van der Waals surface area (Å²) in [6.45, 7) is 5.46. The standard InChI is InChI=1S/C47H44N6O/c1-35-20-24-40(44-19-11-28-48-44)41(33-35)43-18-12-32-52(46(54)42-34-36(2)21-25-45(42)53-49-29-30-50-53)47(43,27-26-38-15-7-4-8-16-38)51-31-10-9-17-39(51)23-22-37-13-5-3-6-14-37/h3-8,11,13-16,19-21,24-25,28-30,33-34,39,43-44H,9-10,12,17-18,31-32H2,1-2H3. The zero-order chi connectivity index (χ0) is 36.9. The highest BCUT2D eigenvalue weighted by atomic mass is 16.2. The molecule has 0 saturated carbocycles. The number of carbonyl (C=O) groups excluding carboxylic acids is 1. The van der Waals surface area contributed by atoms with Crippen LogP contribution in [0.5, 0.6) is 0 Å². The number of hydrogen-bond donors (Lipinski definition) is 0. The average molecular weight is 709 g/mol. The van der Waals surface area contributed by atoms with Gasteiger partial charge in [-0.15, -0.1) is 0 Å². The van der Waals surface area contributed by atoms with E-state index in [4.69, 9.17) is 4.99 Å². The maximum Gasteiger partial charge on any atom is 0.258 e. The highest BCUT2D eigenvalue weighted by Crippen LogP contribution is 2.48. The summed E-state index contributed by atoms with van der Waals surface area (Å²) in [4.78, 5) is 26.7. The first-order chi connectivity index (χ1) is 26.5. The molecule has 7 heteroatoms. The zero-order valence-electron chi connectivity index (χ0n) is 30.9. The number of piperidine rings is 2. The largest absolute Gasteiger partial charge is 0.309 e. The molecule has 1 amide bonds. The van der Waals surface area contributed by atoms with Crippen LogP contribution in [0.15, 0.2) is 127 Å². The Bertz CT molecular complexity index is 2300. The van der Waals surface area contributed by atoms with Gasteiger partial charge in [0.1, 0.15) is 0 Å². The number of allylic oxidation sites excluding steroid dienone is 1. The molecule has 3 aliphatic heterocycles. The fourth-order valence-corrected chi connectivity index (χ4v) is 8.36. The molecule has 1 aromatic heterocycles. The van der Waals surface area contributed by atoms with Crippen LogP contribution in [0.3, 0.4) is 0 Å². The van der Waals surface area contributed by atoms with Crippen LogP contribution in [0.1, 0.15) is 87.8 Å². The fourth-order valence-electron chi connectivity index (χ4n) is 8.36. The maximum absolute atomic E-state index is 15.7. The van der Waals surface area contributed by atoms with Crippen molar-refractivity contribution in [2.45, 2.75) is 69.6 Å². The zero-order valence-corrected chi connectivity index (χ0v) is 30.9. The van der Waals surface area contributed by atoms with Gasteiger partial charge < -0.3 is 4.90 Å². The first-order valence-corrected chi connectivity index (χ1v) is 19.0. The molecular weight excluding hydrogens is 665 g/mol. The first kappa shape index (κ1) is 35.0. The lowest BCUT2D eigenvalue weighted by molar-refractivity contribution is -0.0624. The van der Waals surface area contributed by atoms with Crippen molar-refractivity contribution < 1.29 is 4.79 Å². The molecule has 0 bridgehead atoms. The van der Waals surface area contributed by atoms with Crippen molar-refractivity contribution in [2.24, 2.45) is 4.99 Å². The molecule has 54 heavy (non-hydrogen) atoms. The van der Waals surface area contributed by atoms with Crippen LogP contribution in [-0.2, 0) is 0 Å². The quantitative estimate of drug-likeness (QED) is 0.173. The monoisotopic (exact) mass is 708 g/mol. The van der Waals surface area contributed by atoms with Gasteiger partial charge in [-0.25, -0.2) is 0 Å². The van der Waals surface area contributed by atoms with Crippen LogP contribution in [0.2, 0.25) is 0 Å². The van der Waals surface area contributed by atoms with Crippen LogP contribution in [0, 0.1) is 37.5 Å². The molecule has 0 spiro atoms. The van der Waals surface area contributed by atoms with E-state index in [1.54, 1.807) is 17.2 Å². The number of aliphatic imine (C=N–C) groups is 1. The van der Waals surface area contributed by atoms with Crippen LogP contribution in [0.25, 0.3) is 5.69 Å². The SMILES string of the molecule is Cc1ccc(-n2nccn2)c(C(=O)N2CCCC(c3cc(C)ccc3C3C=CC=N3)C2(C#Cc2ccccc2)N2CCCCC2C#Cc2ccccc2)c1. The summed E-state index contributed by atoms with van der Waals surface area (Å²) in [5, 5.41) is 8.92. The number of rotatable bonds is 5. The summed E-state index contributed by atoms with van der Waals surface area (Å²) in [6.07, 6.45) is 13.9. The summed E-state index contributed by atoms with van der Waals surface area (Å²) in [5.41, 5.74) is 6.50. The third-order valence-electron chi connectivity index (χ3n) is 10.9. The lowest BCUT2D eigenvalue weighted by Gasteiger charge is -2.57. The Labute approximate surface area is 318 Å². The number of aromatic nitrogens is 3. The van der Waals surface area contributed by atoms with Crippen molar-refractivity contribution >= 4 is 12.1 Å². The molecule has 4 heterocycles. The predicted molar refractivity (Wildman–Crippen MR) is 214 cm³/mol. The number of likely N-dealkylation sites (tertiary alicyclic amines) is 2. The predicted octanol–water partition coefficient (Wildman–Crippen LogP) is 8.24. The van der Waals surface area contributed by atoms with E-state index in [1.165, 1.54) is 5.56 Å². The third kappa shape index (κ3) is 6.92. The molecule has 4 aromatic carbocycles. The molecule has 268 valence electrons. The minimum absolute atomic E-state index is 0.0913. The van der Waals surface area contributed by atoms with Gasteiger partial charge in [0, 0.05) is 36.3 Å². The lowest BCUT2D eigenvalue weighted by atomic mass is 9.73. The smallest absolute Gasteiger partial charge is 0.258 e.